The molecule has 0 saturated heterocycles. The van der Waals surface area contributed by atoms with Crippen molar-refractivity contribution in [2.45, 2.75) is 6.42 Å². The van der Waals surface area contributed by atoms with Crippen LogP contribution in [-0.4, -0.2) is 12.6 Å². The van der Waals surface area contributed by atoms with Gasteiger partial charge in [0.2, 0.25) is 0 Å². The molecule has 67 valence electrons. The number of hydrogen-bond donors (Lipinski definition) is 0. The van der Waals surface area contributed by atoms with E-state index in [9.17, 15) is 4.79 Å². The Bertz CT molecular complexity index is 277. The topological polar surface area (TPSA) is 26.3 Å². The molecule has 0 saturated carbocycles. The van der Waals surface area contributed by atoms with Crippen LogP contribution in [-0.2, 0) is 16.0 Å². The van der Waals surface area contributed by atoms with Crippen molar-refractivity contribution in [1.29, 1.82) is 0 Å². The molecule has 0 aliphatic rings. The monoisotopic (exact) mass is 175 g/mol. The van der Waals surface area contributed by atoms with Gasteiger partial charge in [0.25, 0.3) is 0 Å². The minimum absolute atomic E-state index is 0.373. The molecule has 0 unspecified atom stereocenters. The Labute approximate surface area is 77.8 Å². The second-order valence-corrected chi connectivity index (χ2v) is 2.53. The fourth-order valence-corrected chi connectivity index (χ4v) is 0.916. The summed E-state index contributed by atoms with van der Waals surface area (Å²) in [6.07, 6.45) is 1.90. The molecule has 1 rings (SSSR count). The van der Waals surface area contributed by atoms with E-state index >= 15 is 0 Å². The summed E-state index contributed by atoms with van der Waals surface area (Å²) in [5, 5.41) is 0. The van der Waals surface area contributed by atoms with Gasteiger partial charge in [0.1, 0.15) is 0 Å². The number of hydrogen-bond acceptors (Lipinski definition) is 2. The molecule has 0 aromatic heterocycles. The molecule has 1 aromatic rings. The van der Waals surface area contributed by atoms with E-state index in [1.807, 2.05) is 24.3 Å². The lowest BCUT2D eigenvalue weighted by molar-refractivity contribution is -0.137. The molecule has 13 heavy (non-hydrogen) atoms. The maximum absolute atomic E-state index is 10.7. The largest absolute Gasteiger partial charge is 0.462 e. The van der Waals surface area contributed by atoms with Gasteiger partial charge in [0.05, 0.1) is 6.61 Å². The zero-order valence-corrected chi connectivity index (χ0v) is 7.32. The van der Waals surface area contributed by atoms with Crippen molar-refractivity contribution >= 4 is 5.97 Å². The fraction of sp³-hybridized carbons (Fsp3) is 0.182. The molecule has 2 nitrogen and oxygen atoms in total. The van der Waals surface area contributed by atoms with Gasteiger partial charge in [-0.3, -0.25) is 0 Å². The van der Waals surface area contributed by atoms with Gasteiger partial charge >= 0.3 is 5.97 Å². The van der Waals surface area contributed by atoms with Crippen molar-refractivity contribution in [3.63, 3.8) is 0 Å². The first-order valence-electron chi connectivity index (χ1n) is 4.07. The third-order valence-corrected chi connectivity index (χ3v) is 1.59. The standard InChI is InChI=1S/C11H11O2/c1-2-11(12)13-9-8-10-6-4-3-5-7-10/h2,4-7H,1,8-9H2. The highest BCUT2D eigenvalue weighted by Gasteiger charge is 1.95. The summed E-state index contributed by atoms with van der Waals surface area (Å²) in [7, 11) is 0. The van der Waals surface area contributed by atoms with Crippen LogP contribution in [0, 0.1) is 6.07 Å². The van der Waals surface area contributed by atoms with E-state index in [1.54, 1.807) is 0 Å². The van der Waals surface area contributed by atoms with E-state index in [0.29, 0.717) is 6.61 Å². The van der Waals surface area contributed by atoms with Crippen LogP contribution in [0.2, 0.25) is 0 Å². The molecule has 0 aliphatic heterocycles. The third kappa shape index (κ3) is 3.56. The lowest BCUT2D eigenvalue weighted by Gasteiger charge is -2.01. The first kappa shape index (κ1) is 9.52. The number of benzene rings is 1. The van der Waals surface area contributed by atoms with Crippen LogP contribution >= 0.6 is 0 Å². The Morgan fingerprint density at radius 2 is 2.23 bits per heavy atom. The number of rotatable bonds is 4. The summed E-state index contributed by atoms with van der Waals surface area (Å²) in [5.74, 6) is -0.373. The summed E-state index contributed by atoms with van der Waals surface area (Å²) in [4.78, 5) is 10.7. The summed E-state index contributed by atoms with van der Waals surface area (Å²) in [5.41, 5.74) is 1.13. The van der Waals surface area contributed by atoms with Crippen LogP contribution in [0.5, 0.6) is 0 Å². The van der Waals surface area contributed by atoms with Crippen LogP contribution < -0.4 is 0 Å². The van der Waals surface area contributed by atoms with Crippen LogP contribution in [0.3, 0.4) is 0 Å². The van der Waals surface area contributed by atoms with Gasteiger partial charge in [-0.2, -0.15) is 0 Å². The van der Waals surface area contributed by atoms with Crippen molar-refractivity contribution in [1.82, 2.24) is 0 Å². The molecular formula is C11H11O2. The summed E-state index contributed by atoms with van der Waals surface area (Å²) < 4.78 is 4.83. The smallest absolute Gasteiger partial charge is 0.330 e. The number of carbonyl (C=O) groups is 1. The molecular weight excluding hydrogens is 164 g/mol. The van der Waals surface area contributed by atoms with Crippen LogP contribution in [0.1, 0.15) is 5.56 Å². The molecule has 0 fully saturated rings. The normalized spacial score (nSPS) is 9.23. The SMILES string of the molecule is C=CC(=O)OCCc1cc[c]cc1. The maximum Gasteiger partial charge on any atom is 0.330 e. The third-order valence-electron chi connectivity index (χ3n) is 1.59. The van der Waals surface area contributed by atoms with E-state index in [4.69, 9.17) is 4.74 Å². The van der Waals surface area contributed by atoms with Crippen molar-refractivity contribution in [3.05, 3.63) is 48.6 Å². The highest BCUT2D eigenvalue weighted by molar-refractivity contribution is 5.81. The quantitative estimate of drug-likeness (QED) is 0.515. The molecule has 2 heteroatoms. The Morgan fingerprint density at radius 3 is 2.85 bits per heavy atom. The second-order valence-electron chi connectivity index (χ2n) is 2.53. The molecule has 0 spiro atoms. The van der Waals surface area contributed by atoms with E-state index in [-0.39, 0.29) is 5.97 Å². The van der Waals surface area contributed by atoms with Crippen LogP contribution in [0.15, 0.2) is 36.9 Å². The molecule has 0 heterocycles. The summed E-state index contributed by atoms with van der Waals surface area (Å²) >= 11 is 0. The first-order chi connectivity index (χ1) is 6.33. The van der Waals surface area contributed by atoms with Crippen LogP contribution in [0.25, 0.3) is 0 Å². The molecule has 1 radical (unpaired) electrons. The van der Waals surface area contributed by atoms with Gasteiger partial charge in [0, 0.05) is 12.5 Å². The van der Waals surface area contributed by atoms with Crippen molar-refractivity contribution < 1.29 is 9.53 Å². The number of carbonyl (C=O) groups excluding carboxylic acids is 1. The van der Waals surface area contributed by atoms with E-state index < -0.39 is 0 Å². The molecule has 0 aliphatic carbocycles. The maximum atomic E-state index is 10.7. The lowest BCUT2D eigenvalue weighted by atomic mass is 10.2. The molecule has 0 atom stereocenters. The Balaban J connectivity index is 2.28. The highest BCUT2D eigenvalue weighted by Crippen LogP contribution is 1.99. The average Bonchev–Trinajstić information content (AvgIpc) is 2.19. The highest BCUT2D eigenvalue weighted by atomic mass is 16.5. The fourth-order valence-electron chi connectivity index (χ4n) is 0.916. The molecule has 0 N–H and O–H groups in total. The minimum Gasteiger partial charge on any atom is -0.462 e. The summed E-state index contributed by atoms with van der Waals surface area (Å²) in [6.45, 7) is 3.70. The van der Waals surface area contributed by atoms with Crippen molar-refractivity contribution in [3.8, 4) is 0 Å². The van der Waals surface area contributed by atoms with Gasteiger partial charge in [-0.05, 0) is 11.6 Å². The molecule has 0 amide bonds. The van der Waals surface area contributed by atoms with E-state index in [0.717, 1.165) is 12.0 Å². The number of ether oxygens (including phenoxy) is 1. The Morgan fingerprint density at radius 1 is 1.54 bits per heavy atom. The van der Waals surface area contributed by atoms with Crippen molar-refractivity contribution in [2.24, 2.45) is 0 Å². The molecule has 1 aromatic carbocycles. The summed E-state index contributed by atoms with van der Waals surface area (Å²) in [6, 6.07) is 10.5. The van der Waals surface area contributed by atoms with Crippen LogP contribution in [0.4, 0.5) is 0 Å². The Kier molecular flexibility index (Phi) is 3.76. The van der Waals surface area contributed by atoms with Gasteiger partial charge in [0.15, 0.2) is 0 Å². The van der Waals surface area contributed by atoms with Crippen molar-refractivity contribution in [2.75, 3.05) is 6.61 Å². The van der Waals surface area contributed by atoms with Gasteiger partial charge in [-0.25, -0.2) is 4.79 Å². The van der Waals surface area contributed by atoms with Gasteiger partial charge in [-0.15, -0.1) is 0 Å². The van der Waals surface area contributed by atoms with Gasteiger partial charge < -0.3 is 4.74 Å². The second kappa shape index (κ2) is 5.14. The first-order valence-corrected chi connectivity index (χ1v) is 4.07. The van der Waals surface area contributed by atoms with Gasteiger partial charge in [-0.1, -0.05) is 30.8 Å². The molecule has 0 bridgehead atoms. The predicted molar refractivity (Wildman–Crippen MR) is 50.1 cm³/mol. The average molecular weight is 175 g/mol. The van der Waals surface area contributed by atoms with E-state index in [1.165, 1.54) is 6.08 Å². The number of esters is 1. The predicted octanol–water partition coefficient (Wildman–Crippen LogP) is 1.76. The lowest BCUT2D eigenvalue weighted by Crippen LogP contribution is -2.04. The Hall–Kier alpha value is -1.57. The van der Waals surface area contributed by atoms with E-state index in [2.05, 4.69) is 12.6 Å². The zero-order chi connectivity index (χ0) is 9.52. The minimum atomic E-state index is -0.373. The zero-order valence-electron chi connectivity index (χ0n) is 7.32.